The van der Waals surface area contributed by atoms with Crippen molar-refractivity contribution in [3.05, 3.63) is 70.4 Å². The minimum Gasteiger partial charge on any atom is -0.493 e. The van der Waals surface area contributed by atoms with E-state index in [4.69, 9.17) is 23.9 Å². The van der Waals surface area contributed by atoms with Crippen molar-refractivity contribution < 1.29 is 33.3 Å². The lowest BCUT2D eigenvalue weighted by atomic mass is 9.69. The number of esters is 2. The summed E-state index contributed by atoms with van der Waals surface area (Å²) in [4.78, 5) is 44.0. The van der Waals surface area contributed by atoms with Crippen molar-refractivity contribution in [3.8, 4) is 11.5 Å². The first-order valence-electron chi connectivity index (χ1n) is 13.2. The molecule has 1 aliphatic heterocycles. The highest BCUT2D eigenvalue weighted by Gasteiger charge is 2.44. The molecule has 0 radical (unpaired) electrons. The number of ketones is 1. The highest BCUT2D eigenvalue weighted by atomic mass is 16.5. The fourth-order valence-corrected chi connectivity index (χ4v) is 5.42. The summed E-state index contributed by atoms with van der Waals surface area (Å²) in [6.45, 7) is 4.16. The largest absolute Gasteiger partial charge is 0.493 e. The molecule has 2 aliphatic rings. The zero-order chi connectivity index (χ0) is 28.1. The molecule has 0 bridgehead atoms. The van der Waals surface area contributed by atoms with E-state index >= 15 is 0 Å². The molecule has 0 saturated heterocycles. The van der Waals surface area contributed by atoms with E-state index in [-0.39, 0.29) is 18.1 Å². The number of methoxy groups -OCH3 is 3. The number of carbonyl (C=O) groups is 3. The van der Waals surface area contributed by atoms with Crippen LogP contribution in [0.4, 0.5) is 0 Å². The fraction of sp³-hybridized carbons (Fsp3) is 0.419. The molecule has 0 spiro atoms. The van der Waals surface area contributed by atoms with Gasteiger partial charge in [0.15, 0.2) is 17.3 Å². The second-order valence-electron chi connectivity index (χ2n) is 9.85. The predicted molar refractivity (Wildman–Crippen MR) is 147 cm³/mol. The van der Waals surface area contributed by atoms with E-state index in [1.165, 1.54) is 7.11 Å². The lowest BCUT2D eigenvalue weighted by Crippen LogP contribution is -2.38. The standard InChI is InChI=1S/C31H35NO7/c1-6-7-14-39-31(35)27-18(2)32-23-15-22(21-12-13-25(36-3)26(17-21)37-4)16-24(33)29(23)28(27)19-8-10-20(11-9-19)30(34)38-5/h8-13,17,22,27-28H,6-7,14-16H2,1-5H3/t22-,27?,28+/m1/s1. The number of hydrogen-bond donors (Lipinski definition) is 0. The van der Waals surface area contributed by atoms with Gasteiger partial charge in [0.2, 0.25) is 0 Å². The zero-order valence-corrected chi connectivity index (χ0v) is 23.1. The first-order valence-corrected chi connectivity index (χ1v) is 13.2. The van der Waals surface area contributed by atoms with Crippen molar-refractivity contribution in [1.29, 1.82) is 0 Å². The maximum Gasteiger partial charge on any atom is 0.337 e. The Hall–Kier alpha value is -3.94. The summed E-state index contributed by atoms with van der Waals surface area (Å²) < 4.78 is 21.3. The van der Waals surface area contributed by atoms with Gasteiger partial charge in [0.05, 0.1) is 33.5 Å². The molecule has 0 fully saturated rings. The van der Waals surface area contributed by atoms with Crippen LogP contribution < -0.4 is 9.47 Å². The number of ether oxygens (including phenoxy) is 4. The van der Waals surface area contributed by atoms with Crippen molar-refractivity contribution in [2.24, 2.45) is 10.9 Å². The molecule has 0 saturated carbocycles. The van der Waals surface area contributed by atoms with Crippen molar-refractivity contribution in [2.75, 3.05) is 27.9 Å². The molecule has 0 amide bonds. The summed E-state index contributed by atoms with van der Waals surface area (Å²) in [7, 11) is 4.49. The Morgan fingerprint density at radius 1 is 0.949 bits per heavy atom. The minimum absolute atomic E-state index is 0.0549. The number of allylic oxidation sites excluding steroid dienone is 2. The number of rotatable bonds is 9. The van der Waals surface area contributed by atoms with Gasteiger partial charge in [0.25, 0.3) is 0 Å². The monoisotopic (exact) mass is 533 g/mol. The molecule has 3 atom stereocenters. The molecule has 1 heterocycles. The predicted octanol–water partition coefficient (Wildman–Crippen LogP) is 5.41. The van der Waals surface area contributed by atoms with E-state index in [9.17, 15) is 14.4 Å². The Balaban J connectivity index is 1.74. The van der Waals surface area contributed by atoms with E-state index in [2.05, 4.69) is 0 Å². The average Bonchev–Trinajstić information content (AvgIpc) is 2.95. The van der Waals surface area contributed by atoms with Crippen LogP contribution in [0, 0.1) is 5.92 Å². The third-order valence-corrected chi connectivity index (χ3v) is 7.45. The summed E-state index contributed by atoms with van der Waals surface area (Å²) in [5.41, 5.74) is 3.93. The van der Waals surface area contributed by atoms with Gasteiger partial charge in [0, 0.05) is 29.3 Å². The maximum absolute atomic E-state index is 13.8. The van der Waals surface area contributed by atoms with E-state index in [0.717, 1.165) is 24.0 Å². The lowest BCUT2D eigenvalue weighted by molar-refractivity contribution is -0.146. The number of unbranched alkanes of at least 4 members (excludes halogenated alkanes) is 1. The normalized spacial score (nSPS) is 20.6. The number of hydrogen-bond acceptors (Lipinski definition) is 8. The molecule has 1 aliphatic carbocycles. The van der Waals surface area contributed by atoms with Crippen LogP contribution in [0.25, 0.3) is 0 Å². The zero-order valence-electron chi connectivity index (χ0n) is 23.1. The van der Waals surface area contributed by atoms with Crippen molar-refractivity contribution in [2.45, 2.75) is 51.4 Å². The summed E-state index contributed by atoms with van der Waals surface area (Å²) in [6.07, 6.45) is 2.47. The van der Waals surface area contributed by atoms with Gasteiger partial charge in [-0.2, -0.15) is 0 Å². The third-order valence-electron chi connectivity index (χ3n) is 7.45. The second-order valence-corrected chi connectivity index (χ2v) is 9.85. The lowest BCUT2D eigenvalue weighted by Gasteiger charge is -2.36. The molecule has 8 heteroatoms. The Bertz CT molecular complexity index is 1310. The fourth-order valence-electron chi connectivity index (χ4n) is 5.42. The average molecular weight is 534 g/mol. The first-order chi connectivity index (χ1) is 18.8. The van der Waals surface area contributed by atoms with Crippen LogP contribution in [0.2, 0.25) is 0 Å². The van der Waals surface area contributed by atoms with E-state index in [1.54, 1.807) is 38.5 Å². The molecule has 0 N–H and O–H groups in total. The van der Waals surface area contributed by atoms with Gasteiger partial charge in [0.1, 0.15) is 5.92 Å². The van der Waals surface area contributed by atoms with Gasteiger partial charge < -0.3 is 18.9 Å². The van der Waals surface area contributed by atoms with Gasteiger partial charge in [-0.1, -0.05) is 31.5 Å². The number of nitrogens with zero attached hydrogens (tertiary/aromatic N) is 1. The molecule has 1 unspecified atom stereocenters. The Morgan fingerprint density at radius 3 is 2.28 bits per heavy atom. The molecular weight excluding hydrogens is 498 g/mol. The number of carbonyl (C=O) groups excluding carboxylic acids is 3. The second kappa shape index (κ2) is 12.3. The van der Waals surface area contributed by atoms with E-state index in [1.807, 2.05) is 32.0 Å². The Labute approximate surface area is 229 Å². The van der Waals surface area contributed by atoms with Crippen LogP contribution in [-0.4, -0.2) is 51.4 Å². The van der Waals surface area contributed by atoms with Gasteiger partial charge in [-0.3, -0.25) is 14.6 Å². The molecule has 2 aromatic rings. The smallest absolute Gasteiger partial charge is 0.337 e. The summed E-state index contributed by atoms with van der Waals surface area (Å²) in [5, 5.41) is 0. The van der Waals surface area contributed by atoms with Crippen LogP contribution in [0.15, 0.2) is 58.7 Å². The van der Waals surface area contributed by atoms with E-state index in [0.29, 0.717) is 47.1 Å². The number of aliphatic imine (C=N–C) groups is 1. The molecule has 8 nitrogen and oxygen atoms in total. The van der Waals surface area contributed by atoms with Crippen molar-refractivity contribution >= 4 is 23.4 Å². The van der Waals surface area contributed by atoms with Crippen LogP contribution in [0.1, 0.15) is 72.9 Å². The van der Waals surface area contributed by atoms with Crippen LogP contribution >= 0.6 is 0 Å². The summed E-state index contributed by atoms with van der Waals surface area (Å²) in [6, 6.07) is 12.6. The maximum atomic E-state index is 13.8. The summed E-state index contributed by atoms with van der Waals surface area (Å²) in [5.74, 6) is -1.07. The Kier molecular flexibility index (Phi) is 8.84. The highest BCUT2D eigenvalue weighted by molar-refractivity contribution is 6.09. The molecule has 206 valence electrons. The molecular formula is C31H35NO7. The molecule has 4 rings (SSSR count). The van der Waals surface area contributed by atoms with Crippen LogP contribution in [0.5, 0.6) is 11.5 Å². The van der Waals surface area contributed by atoms with Gasteiger partial charge in [-0.05, 0) is 61.1 Å². The SMILES string of the molecule is CCCCOC(=O)C1C(C)=NC2=C(C(=O)C[C@H](c3ccc(OC)c(OC)c3)C2)[C@H]1c1ccc(C(=O)OC)cc1. The van der Waals surface area contributed by atoms with Gasteiger partial charge in [-0.25, -0.2) is 4.79 Å². The highest BCUT2D eigenvalue weighted by Crippen LogP contribution is 2.47. The molecule has 39 heavy (non-hydrogen) atoms. The van der Waals surface area contributed by atoms with Crippen LogP contribution in [0.3, 0.4) is 0 Å². The summed E-state index contributed by atoms with van der Waals surface area (Å²) >= 11 is 0. The Morgan fingerprint density at radius 2 is 1.64 bits per heavy atom. The van der Waals surface area contributed by atoms with Gasteiger partial charge in [-0.15, -0.1) is 0 Å². The number of Topliss-reactive ketones (excluding diaryl/α,β-unsaturated/α-hetero) is 1. The molecule has 0 aromatic heterocycles. The van der Waals surface area contributed by atoms with Crippen molar-refractivity contribution in [1.82, 2.24) is 0 Å². The number of benzene rings is 2. The van der Waals surface area contributed by atoms with E-state index < -0.39 is 23.8 Å². The third kappa shape index (κ3) is 5.75. The first kappa shape index (κ1) is 28.1. The van der Waals surface area contributed by atoms with Gasteiger partial charge >= 0.3 is 11.9 Å². The minimum atomic E-state index is -0.730. The molecule has 2 aromatic carbocycles. The van der Waals surface area contributed by atoms with Crippen LogP contribution in [-0.2, 0) is 19.1 Å². The van der Waals surface area contributed by atoms with Crippen molar-refractivity contribution in [3.63, 3.8) is 0 Å². The topological polar surface area (TPSA) is 100 Å². The quantitative estimate of drug-likeness (QED) is 0.314.